The molecule has 0 amide bonds. The van der Waals surface area contributed by atoms with Crippen LogP contribution < -0.4 is 5.32 Å². The summed E-state index contributed by atoms with van der Waals surface area (Å²) in [6.07, 6.45) is 4.42. The maximum Gasteiger partial charge on any atom is 0.0305 e. The van der Waals surface area contributed by atoms with Gasteiger partial charge < -0.3 is 5.32 Å². The van der Waals surface area contributed by atoms with Crippen LogP contribution in [-0.2, 0) is 0 Å². The zero-order valence-corrected chi connectivity index (χ0v) is 8.14. The Morgan fingerprint density at radius 2 is 2.00 bits per heavy atom. The topological polar surface area (TPSA) is 12.0 Å². The average Bonchev–Trinajstić information content (AvgIpc) is 2.53. The number of fused-ring (bicyclic) bond motifs is 1. The molecule has 0 aromatic rings. The van der Waals surface area contributed by atoms with Crippen molar-refractivity contribution in [2.24, 2.45) is 17.8 Å². The molecule has 1 N–H and O–H groups in total. The van der Waals surface area contributed by atoms with E-state index in [4.69, 9.17) is 0 Å². The summed E-state index contributed by atoms with van der Waals surface area (Å²) in [6, 6.07) is 0.597. The molecule has 0 radical (unpaired) electrons. The molecule has 2 saturated carbocycles. The van der Waals surface area contributed by atoms with Crippen molar-refractivity contribution in [3.05, 3.63) is 12.2 Å². The predicted molar refractivity (Wildman–Crippen MR) is 52.0 cm³/mol. The van der Waals surface area contributed by atoms with Gasteiger partial charge in [-0.05, 0) is 44.6 Å². The first-order valence-electron chi connectivity index (χ1n) is 5.08. The first-order chi connectivity index (χ1) is 5.75. The van der Waals surface area contributed by atoms with Crippen molar-refractivity contribution >= 4 is 0 Å². The smallest absolute Gasteiger partial charge is 0.0305 e. The van der Waals surface area contributed by atoms with Crippen molar-refractivity contribution in [2.75, 3.05) is 7.05 Å². The van der Waals surface area contributed by atoms with E-state index < -0.39 is 0 Å². The summed E-state index contributed by atoms with van der Waals surface area (Å²) in [5.74, 6) is 3.01. The van der Waals surface area contributed by atoms with E-state index >= 15 is 0 Å². The minimum absolute atomic E-state index is 0.597. The van der Waals surface area contributed by atoms with Crippen molar-refractivity contribution in [3.63, 3.8) is 0 Å². The molecule has 3 unspecified atom stereocenters. The van der Waals surface area contributed by atoms with E-state index in [9.17, 15) is 0 Å². The van der Waals surface area contributed by atoms with Crippen LogP contribution in [-0.4, -0.2) is 13.1 Å². The zero-order valence-electron chi connectivity index (χ0n) is 8.14. The van der Waals surface area contributed by atoms with Gasteiger partial charge in [0.15, 0.2) is 0 Å². The Hall–Kier alpha value is -0.300. The van der Waals surface area contributed by atoms with Gasteiger partial charge in [0.1, 0.15) is 0 Å². The van der Waals surface area contributed by atoms with Gasteiger partial charge in [0.25, 0.3) is 0 Å². The minimum Gasteiger partial charge on any atom is -0.313 e. The second-order valence-electron chi connectivity index (χ2n) is 4.45. The van der Waals surface area contributed by atoms with Gasteiger partial charge >= 0.3 is 0 Å². The average molecular weight is 165 g/mol. The van der Waals surface area contributed by atoms with Crippen molar-refractivity contribution in [3.8, 4) is 0 Å². The van der Waals surface area contributed by atoms with E-state index in [1.165, 1.54) is 24.8 Å². The highest BCUT2D eigenvalue weighted by atomic mass is 14.9. The third-order valence-corrected chi connectivity index (χ3v) is 3.70. The van der Waals surface area contributed by atoms with Gasteiger partial charge in [-0.15, -0.1) is 0 Å². The highest BCUT2D eigenvalue weighted by molar-refractivity contribution is 5.15. The molecule has 0 heterocycles. The van der Waals surface area contributed by atoms with Crippen LogP contribution in [0.15, 0.2) is 12.2 Å². The maximum atomic E-state index is 4.05. The van der Waals surface area contributed by atoms with Crippen molar-refractivity contribution in [1.29, 1.82) is 0 Å². The minimum atomic E-state index is 0.597. The molecular formula is C11H19N. The van der Waals surface area contributed by atoms with Crippen molar-refractivity contribution in [1.82, 2.24) is 5.32 Å². The van der Waals surface area contributed by atoms with Crippen LogP contribution in [0.5, 0.6) is 0 Å². The molecule has 0 bridgehead atoms. The van der Waals surface area contributed by atoms with E-state index in [1.807, 2.05) is 0 Å². The quantitative estimate of drug-likeness (QED) is 0.632. The first kappa shape index (κ1) is 8.31. The lowest BCUT2D eigenvalue weighted by molar-refractivity contribution is 0.475. The first-order valence-corrected chi connectivity index (χ1v) is 5.08. The van der Waals surface area contributed by atoms with Crippen LogP contribution in [0, 0.1) is 17.8 Å². The van der Waals surface area contributed by atoms with E-state index in [0.717, 1.165) is 17.8 Å². The summed E-state index contributed by atoms with van der Waals surface area (Å²) in [5, 5.41) is 3.39. The summed E-state index contributed by atoms with van der Waals surface area (Å²) in [7, 11) is 2.06. The Bertz CT molecular complexity index is 187. The second kappa shape index (κ2) is 2.88. The van der Waals surface area contributed by atoms with Crippen LogP contribution in [0.25, 0.3) is 0 Å². The van der Waals surface area contributed by atoms with Crippen molar-refractivity contribution in [2.45, 2.75) is 32.2 Å². The number of nitrogens with one attached hydrogen (secondary N) is 1. The molecule has 0 aromatic heterocycles. The highest BCUT2D eigenvalue weighted by Gasteiger charge is 2.55. The molecule has 2 rings (SSSR count). The molecule has 3 atom stereocenters. The van der Waals surface area contributed by atoms with Gasteiger partial charge in [0.05, 0.1) is 0 Å². The third-order valence-electron chi connectivity index (χ3n) is 3.70. The Morgan fingerprint density at radius 1 is 1.42 bits per heavy atom. The molecular weight excluding hydrogens is 146 g/mol. The number of likely N-dealkylation sites (N-methyl/N-ethyl adjacent to an activating group) is 1. The van der Waals surface area contributed by atoms with Crippen molar-refractivity contribution < 1.29 is 0 Å². The Balaban J connectivity index is 1.97. The predicted octanol–water partition coefficient (Wildman–Crippen LogP) is 2.20. The number of hydrogen-bond donors (Lipinski definition) is 1. The number of hydrogen-bond acceptors (Lipinski definition) is 1. The van der Waals surface area contributed by atoms with Gasteiger partial charge in [-0.25, -0.2) is 0 Å². The maximum absolute atomic E-state index is 4.05. The molecule has 1 heteroatoms. The Labute approximate surface area is 75.2 Å². The van der Waals surface area contributed by atoms with E-state index in [2.05, 4.69) is 25.9 Å². The van der Waals surface area contributed by atoms with Crippen LogP contribution in [0.1, 0.15) is 26.2 Å². The Kier molecular flexibility index (Phi) is 1.99. The van der Waals surface area contributed by atoms with E-state index in [0.29, 0.717) is 6.04 Å². The summed E-state index contributed by atoms with van der Waals surface area (Å²) in [4.78, 5) is 0. The van der Waals surface area contributed by atoms with Crippen LogP contribution in [0.2, 0.25) is 0 Å². The molecule has 2 fully saturated rings. The van der Waals surface area contributed by atoms with E-state index in [1.54, 1.807) is 0 Å². The lowest BCUT2D eigenvalue weighted by Crippen LogP contribution is -2.30. The zero-order chi connectivity index (χ0) is 8.72. The molecule has 0 saturated heterocycles. The normalized spacial score (nSPS) is 40.7. The lowest BCUT2D eigenvalue weighted by atomic mass is 9.99. The molecule has 1 nitrogen and oxygen atoms in total. The van der Waals surface area contributed by atoms with Gasteiger partial charge in [-0.2, -0.15) is 0 Å². The fourth-order valence-corrected chi connectivity index (χ4v) is 3.14. The van der Waals surface area contributed by atoms with E-state index in [-0.39, 0.29) is 0 Å². The molecule has 2 aliphatic rings. The molecule has 0 spiro atoms. The Morgan fingerprint density at radius 3 is 2.42 bits per heavy atom. The molecule has 68 valence electrons. The van der Waals surface area contributed by atoms with Gasteiger partial charge in [0, 0.05) is 6.04 Å². The monoisotopic (exact) mass is 165 g/mol. The summed E-state index contributed by atoms with van der Waals surface area (Å²) < 4.78 is 0. The SMILES string of the molecule is C=C(C)C(NC)C1C2CCCC21. The molecule has 2 aliphatic carbocycles. The third kappa shape index (κ3) is 1.11. The molecule has 0 aliphatic heterocycles. The summed E-state index contributed by atoms with van der Waals surface area (Å²) >= 11 is 0. The van der Waals surface area contributed by atoms with Crippen LogP contribution in [0.3, 0.4) is 0 Å². The van der Waals surface area contributed by atoms with Gasteiger partial charge in [0.2, 0.25) is 0 Å². The fourth-order valence-electron chi connectivity index (χ4n) is 3.14. The van der Waals surface area contributed by atoms with Crippen LogP contribution >= 0.6 is 0 Å². The van der Waals surface area contributed by atoms with Gasteiger partial charge in [-0.1, -0.05) is 18.6 Å². The summed E-state index contributed by atoms with van der Waals surface area (Å²) in [5.41, 5.74) is 1.32. The summed E-state index contributed by atoms with van der Waals surface area (Å²) in [6.45, 7) is 6.20. The highest BCUT2D eigenvalue weighted by Crippen LogP contribution is 2.59. The molecule has 12 heavy (non-hydrogen) atoms. The molecule has 0 aromatic carbocycles. The largest absolute Gasteiger partial charge is 0.313 e. The van der Waals surface area contributed by atoms with Gasteiger partial charge in [-0.3, -0.25) is 0 Å². The van der Waals surface area contributed by atoms with Crippen LogP contribution in [0.4, 0.5) is 0 Å². The standard InChI is InChI=1S/C11H19N/c1-7(2)11(12-3)10-8-5-4-6-9(8)10/h8-12H,1,4-6H2,2-3H3. The fraction of sp³-hybridized carbons (Fsp3) is 0.818. The number of rotatable bonds is 3. The lowest BCUT2D eigenvalue weighted by Gasteiger charge is -2.17. The second-order valence-corrected chi connectivity index (χ2v) is 4.45.